The van der Waals surface area contributed by atoms with Gasteiger partial charge in [0.15, 0.2) is 17.5 Å². The van der Waals surface area contributed by atoms with Crippen molar-refractivity contribution in [1.82, 2.24) is 4.98 Å². The first-order valence-corrected chi connectivity index (χ1v) is 9.93. The lowest BCUT2D eigenvalue weighted by molar-refractivity contribution is -0.118. The van der Waals surface area contributed by atoms with E-state index in [1.165, 1.54) is 11.3 Å². The Bertz CT molecular complexity index is 1250. The fourth-order valence-corrected chi connectivity index (χ4v) is 3.58. The van der Waals surface area contributed by atoms with Crippen LogP contribution in [-0.2, 0) is 4.79 Å². The number of hydrogen-bond acceptors (Lipinski definition) is 6. The van der Waals surface area contributed by atoms with Crippen LogP contribution in [0.15, 0.2) is 63.3 Å². The second-order valence-corrected chi connectivity index (χ2v) is 7.54. The third-order valence-electron chi connectivity index (χ3n) is 4.15. The maximum atomic E-state index is 13.1. The Hall–Kier alpha value is -3.16. The number of hydrogen-bond donors (Lipinski definition) is 1. The molecule has 2 heterocycles. The van der Waals surface area contributed by atoms with Crippen LogP contribution in [-0.4, -0.2) is 17.5 Å². The van der Waals surface area contributed by atoms with Crippen molar-refractivity contribution in [3.63, 3.8) is 0 Å². The minimum Gasteiger partial charge on any atom is -0.476 e. The number of aryl methyl sites for hydroxylation is 1. The topological polar surface area (TPSA) is 81.4 Å². The Kier molecular flexibility index (Phi) is 5.33. The highest BCUT2D eigenvalue weighted by atomic mass is 35.5. The van der Waals surface area contributed by atoms with Gasteiger partial charge in [0.2, 0.25) is 11.2 Å². The molecule has 0 aliphatic rings. The van der Waals surface area contributed by atoms with E-state index in [1.807, 2.05) is 13.0 Å². The van der Waals surface area contributed by atoms with Gasteiger partial charge in [-0.15, -0.1) is 11.3 Å². The number of nitrogens with one attached hydrogen (secondary N) is 1. The molecule has 0 saturated heterocycles. The predicted octanol–water partition coefficient (Wildman–Crippen LogP) is 4.90. The second-order valence-electron chi connectivity index (χ2n) is 6.24. The van der Waals surface area contributed by atoms with Crippen molar-refractivity contribution in [3.8, 4) is 17.1 Å². The largest absolute Gasteiger partial charge is 0.476 e. The molecule has 1 amide bonds. The summed E-state index contributed by atoms with van der Waals surface area (Å²) in [6.45, 7) is 1.53. The summed E-state index contributed by atoms with van der Waals surface area (Å²) in [6.07, 6.45) is 1.58. The molecule has 4 rings (SSSR count). The Morgan fingerprint density at radius 2 is 2.10 bits per heavy atom. The average Bonchev–Trinajstić information content (AvgIpc) is 3.20. The Morgan fingerprint density at radius 3 is 2.86 bits per heavy atom. The summed E-state index contributed by atoms with van der Waals surface area (Å²) < 4.78 is 11.6. The summed E-state index contributed by atoms with van der Waals surface area (Å²) in [5.74, 6) is -0.321. The molecule has 2 aromatic carbocycles. The third kappa shape index (κ3) is 4.01. The Labute approximate surface area is 174 Å². The molecule has 8 heteroatoms. The van der Waals surface area contributed by atoms with Gasteiger partial charge in [0.05, 0.1) is 10.4 Å². The van der Waals surface area contributed by atoms with E-state index in [2.05, 4.69) is 10.3 Å². The van der Waals surface area contributed by atoms with E-state index in [1.54, 1.807) is 48.0 Å². The van der Waals surface area contributed by atoms with E-state index in [-0.39, 0.29) is 23.5 Å². The van der Waals surface area contributed by atoms with E-state index in [4.69, 9.17) is 20.8 Å². The molecule has 0 spiro atoms. The highest BCUT2D eigenvalue weighted by molar-refractivity contribution is 7.13. The van der Waals surface area contributed by atoms with Crippen molar-refractivity contribution in [2.45, 2.75) is 6.92 Å². The lowest BCUT2D eigenvalue weighted by Crippen LogP contribution is -2.22. The first-order chi connectivity index (χ1) is 14.0. The van der Waals surface area contributed by atoms with Gasteiger partial charge in [0, 0.05) is 17.1 Å². The summed E-state index contributed by atoms with van der Waals surface area (Å²) >= 11 is 7.60. The zero-order valence-electron chi connectivity index (χ0n) is 15.3. The van der Waals surface area contributed by atoms with Gasteiger partial charge >= 0.3 is 0 Å². The van der Waals surface area contributed by atoms with Crippen molar-refractivity contribution in [3.05, 3.63) is 74.9 Å². The first kappa shape index (κ1) is 19.2. The summed E-state index contributed by atoms with van der Waals surface area (Å²) in [5.41, 5.74) is 1.50. The molecule has 0 bridgehead atoms. The number of aromatic nitrogens is 1. The monoisotopic (exact) mass is 426 g/mol. The Morgan fingerprint density at radius 1 is 1.28 bits per heavy atom. The molecule has 1 N–H and O–H groups in total. The normalized spacial score (nSPS) is 10.8. The van der Waals surface area contributed by atoms with Crippen LogP contribution in [0.2, 0.25) is 5.02 Å². The van der Waals surface area contributed by atoms with E-state index < -0.39 is 5.91 Å². The number of carbonyl (C=O) groups is 1. The van der Waals surface area contributed by atoms with Crippen LogP contribution < -0.4 is 15.5 Å². The Balaban J connectivity index is 1.76. The van der Waals surface area contributed by atoms with E-state index in [9.17, 15) is 9.59 Å². The molecular formula is C21H15ClN2O4S. The number of fused-ring (bicyclic) bond motifs is 1. The quantitative estimate of drug-likeness (QED) is 0.491. The molecule has 2 aromatic heterocycles. The maximum absolute atomic E-state index is 13.1. The SMILES string of the molecule is Cc1ccc2c(=O)c(OCC(=O)Nc3nccs3)c(-c3ccccc3Cl)oc2c1. The molecular weight excluding hydrogens is 412 g/mol. The van der Waals surface area contributed by atoms with Crippen molar-refractivity contribution in [2.75, 3.05) is 11.9 Å². The summed E-state index contributed by atoms with van der Waals surface area (Å²) in [5, 5.41) is 5.57. The average molecular weight is 427 g/mol. The first-order valence-electron chi connectivity index (χ1n) is 8.67. The lowest BCUT2D eigenvalue weighted by atomic mass is 10.1. The number of thiazole rings is 1. The number of ether oxygens (including phenoxy) is 1. The number of benzene rings is 2. The van der Waals surface area contributed by atoms with Crippen molar-refractivity contribution in [1.29, 1.82) is 0 Å². The van der Waals surface area contributed by atoms with Gasteiger partial charge in [-0.2, -0.15) is 0 Å². The van der Waals surface area contributed by atoms with E-state index >= 15 is 0 Å². The van der Waals surface area contributed by atoms with E-state index in [0.29, 0.717) is 26.7 Å². The van der Waals surface area contributed by atoms with Crippen LogP contribution in [0.25, 0.3) is 22.3 Å². The van der Waals surface area contributed by atoms with Gasteiger partial charge in [0.25, 0.3) is 5.91 Å². The number of anilines is 1. The minimum absolute atomic E-state index is 0.0660. The molecule has 0 saturated carbocycles. The predicted molar refractivity (Wildman–Crippen MR) is 114 cm³/mol. The van der Waals surface area contributed by atoms with Gasteiger partial charge in [0.1, 0.15) is 5.58 Å². The van der Waals surface area contributed by atoms with Crippen LogP contribution in [0.3, 0.4) is 0 Å². The summed E-state index contributed by atoms with van der Waals surface area (Å²) in [6, 6.07) is 12.2. The summed E-state index contributed by atoms with van der Waals surface area (Å²) in [4.78, 5) is 29.3. The number of halogens is 1. The molecule has 146 valence electrons. The maximum Gasteiger partial charge on any atom is 0.264 e. The van der Waals surface area contributed by atoms with Gasteiger partial charge in [-0.1, -0.05) is 29.8 Å². The van der Waals surface area contributed by atoms with Crippen molar-refractivity contribution >= 4 is 44.9 Å². The zero-order chi connectivity index (χ0) is 20.4. The van der Waals surface area contributed by atoms with Gasteiger partial charge in [-0.05, 0) is 36.8 Å². The number of nitrogens with zero attached hydrogens (tertiary/aromatic N) is 1. The molecule has 0 aliphatic heterocycles. The van der Waals surface area contributed by atoms with Crippen molar-refractivity contribution < 1.29 is 13.9 Å². The van der Waals surface area contributed by atoms with Crippen LogP contribution in [0.1, 0.15) is 5.56 Å². The van der Waals surface area contributed by atoms with E-state index in [0.717, 1.165) is 5.56 Å². The minimum atomic E-state index is -0.437. The van der Waals surface area contributed by atoms with Crippen LogP contribution >= 0.6 is 22.9 Å². The second kappa shape index (κ2) is 8.06. The lowest BCUT2D eigenvalue weighted by Gasteiger charge is -2.12. The standard InChI is InChI=1S/C21H15ClN2O4S/c1-12-6-7-14-16(10-12)28-19(13-4-2-3-5-15(13)22)20(18(14)26)27-11-17(25)24-21-23-8-9-29-21/h2-10H,11H2,1H3,(H,23,24,25). The van der Waals surface area contributed by atoms with Crippen molar-refractivity contribution in [2.24, 2.45) is 0 Å². The molecule has 0 unspecified atom stereocenters. The van der Waals surface area contributed by atoms with Crippen LogP contribution in [0, 0.1) is 6.92 Å². The van der Waals surface area contributed by atoms with Gasteiger partial charge in [-0.25, -0.2) is 4.98 Å². The number of rotatable bonds is 5. The van der Waals surface area contributed by atoms with Gasteiger partial charge < -0.3 is 9.15 Å². The number of amides is 1. The molecule has 0 radical (unpaired) electrons. The number of carbonyl (C=O) groups excluding carboxylic acids is 1. The zero-order valence-corrected chi connectivity index (χ0v) is 16.8. The highest BCUT2D eigenvalue weighted by Crippen LogP contribution is 2.35. The summed E-state index contributed by atoms with van der Waals surface area (Å²) in [7, 11) is 0. The highest BCUT2D eigenvalue weighted by Gasteiger charge is 2.20. The van der Waals surface area contributed by atoms with Gasteiger partial charge in [-0.3, -0.25) is 14.9 Å². The fourth-order valence-electron chi connectivity index (χ4n) is 2.82. The molecule has 29 heavy (non-hydrogen) atoms. The molecule has 0 aliphatic carbocycles. The third-order valence-corrected chi connectivity index (χ3v) is 5.17. The molecule has 0 fully saturated rings. The van der Waals surface area contributed by atoms with Crippen LogP contribution in [0.5, 0.6) is 5.75 Å². The smallest absolute Gasteiger partial charge is 0.264 e. The molecule has 6 nitrogen and oxygen atoms in total. The molecule has 0 atom stereocenters. The molecule has 4 aromatic rings. The van der Waals surface area contributed by atoms with Crippen LogP contribution in [0.4, 0.5) is 5.13 Å². The fraction of sp³-hybridized carbons (Fsp3) is 0.0952.